The smallest absolute Gasteiger partial charge is 0.283 e. The number of piperazine rings is 1. The molecule has 0 aliphatic carbocycles. The molecule has 0 bridgehead atoms. The van der Waals surface area contributed by atoms with Gasteiger partial charge in [-0.2, -0.15) is 0 Å². The number of hydrogen-bond donors (Lipinski definition) is 1. The number of benzene rings is 1. The van der Waals surface area contributed by atoms with Crippen LogP contribution in [0.5, 0.6) is 0 Å². The molecule has 0 radical (unpaired) electrons. The van der Waals surface area contributed by atoms with Gasteiger partial charge in [0.1, 0.15) is 5.56 Å². The molecule has 0 saturated carbocycles. The first-order valence-corrected chi connectivity index (χ1v) is 8.12. The highest BCUT2D eigenvalue weighted by atomic mass is 35.5. The molecule has 0 spiro atoms. The van der Waals surface area contributed by atoms with Crippen molar-refractivity contribution in [3.63, 3.8) is 0 Å². The lowest BCUT2D eigenvalue weighted by Gasteiger charge is -2.37. The number of nitrogens with zero attached hydrogens (tertiary/aromatic N) is 3. The summed E-state index contributed by atoms with van der Waals surface area (Å²) in [6.45, 7) is 4.74. The van der Waals surface area contributed by atoms with Crippen molar-refractivity contribution in [2.24, 2.45) is 0 Å². The average Bonchev–Trinajstić information content (AvgIpc) is 3.08. The van der Waals surface area contributed by atoms with Crippen LogP contribution in [0.25, 0.3) is 0 Å². The molecule has 1 N–H and O–H groups in total. The normalized spacial score (nSPS) is 22.3. The predicted molar refractivity (Wildman–Crippen MR) is 86.9 cm³/mol. The Morgan fingerprint density at radius 3 is 2.65 bits per heavy atom. The number of amides is 1. The average molecular weight is 339 g/mol. The molecule has 2 fully saturated rings. The van der Waals surface area contributed by atoms with Crippen molar-refractivity contribution in [3.8, 4) is 0 Å². The monoisotopic (exact) mass is 338 g/mol. The Morgan fingerprint density at radius 2 is 2.04 bits per heavy atom. The number of nitro benzene ring substituents is 1. The van der Waals surface area contributed by atoms with Crippen LogP contribution in [0.2, 0.25) is 5.02 Å². The molecule has 124 valence electrons. The number of nitro groups is 1. The van der Waals surface area contributed by atoms with Crippen molar-refractivity contribution in [1.29, 1.82) is 0 Å². The third-order valence-corrected chi connectivity index (χ3v) is 4.87. The molecular weight excluding hydrogens is 320 g/mol. The number of hydrogen-bond acceptors (Lipinski definition) is 5. The zero-order valence-corrected chi connectivity index (χ0v) is 13.5. The van der Waals surface area contributed by atoms with Crippen LogP contribution in [0, 0.1) is 10.1 Å². The van der Waals surface area contributed by atoms with Crippen LogP contribution < -0.4 is 5.32 Å². The Balaban J connectivity index is 1.71. The van der Waals surface area contributed by atoms with Gasteiger partial charge in [0, 0.05) is 44.8 Å². The van der Waals surface area contributed by atoms with Crippen molar-refractivity contribution in [2.45, 2.75) is 12.5 Å². The molecule has 0 aromatic heterocycles. The van der Waals surface area contributed by atoms with E-state index in [1.165, 1.54) is 18.2 Å². The SMILES string of the molecule is O=C(c1c(Cl)cccc1[N+](=O)[O-])N1CCN(C2CCNC2)CC1. The number of nitrogens with one attached hydrogen (secondary N) is 1. The van der Waals surface area contributed by atoms with Crippen LogP contribution in [-0.4, -0.2) is 65.9 Å². The fraction of sp³-hybridized carbons (Fsp3) is 0.533. The molecular formula is C15H19ClN4O3. The zero-order chi connectivity index (χ0) is 16.4. The van der Waals surface area contributed by atoms with E-state index in [4.69, 9.17) is 11.6 Å². The van der Waals surface area contributed by atoms with Gasteiger partial charge in [-0.05, 0) is 19.0 Å². The maximum Gasteiger partial charge on any atom is 0.283 e. The van der Waals surface area contributed by atoms with E-state index in [1.54, 1.807) is 4.90 Å². The molecule has 2 saturated heterocycles. The summed E-state index contributed by atoms with van der Waals surface area (Å²) in [5, 5.41) is 14.6. The molecule has 2 aliphatic heterocycles. The third kappa shape index (κ3) is 3.31. The lowest BCUT2D eigenvalue weighted by Crippen LogP contribution is -2.52. The van der Waals surface area contributed by atoms with Crippen LogP contribution in [0.15, 0.2) is 18.2 Å². The number of halogens is 1. The van der Waals surface area contributed by atoms with Gasteiger partial charge in [0.15, 0.2) is 0 Å². The van der Waals surface area contributed by atoms with Crippen molar-refractivity contribution in [1.82, 2.24) is 15.1 Å². The van der Waals surface area contributed by atoms with Gasteiger partial charge >= 0.3 is 0 Å². The summed E-state index contributed by atoms with van der Waals surface area (Å²) < 4.78 is 0. The fourth-order valence-corrected chi connectivity index (χ4v) is 3.53. The zero-order valence-electron chi connectivity index (χ0n) is 12.7. The Hall–Kier alpha value is -1.70. The van der Waals surface area contributed by atoms with Crippen LogP contribution in [-0.2, 0) is 0 Å². The van der Waals surface area contributed by atoms with E-state index in [2.05, 4.69) is 10.2 Å². The van der Waals surface area contributed by atoms with Gasteiger partial charge in [0.25, 0.3) is 11.6 Å². The highest BCUT2D eigenvalue weighted by Crippen LogP contribution is 2.28. The second kappa shape index (κ2) is 6.82. The van der Waals surface area contributed by atoms with E-state index >= 15 is 0 Å². The predicted octanol–water partition coefficient (Wildman–Crippen LogP) is 1.37. The Bertz CT molecular complexity index is 611. The Labute approximate surface area is 139 Å². The van der Waals surface area contributed by atoms with Gasteiger partial charge in [-0.3, -0.25) is 19.8 Å². The molecule has 3 rings (SSSR count). The van der Waals surface area contributed by atoms with Crippen molar-refractivity contribution in [2.75, 3.05) is 39.3 Å². The molecule has 1 amide bonds. The summed E-state index contributed by atoms with van der Waals surface area (Å²) in [5.41, 5.74) is -0.236. The lowest BCUT2D eigenvalue weighted by atomic mass is 10.1. The third-order valence-electron chi connectivity index (χ3n) is 4.55. The van der Waals surface area contributed by atoms with E-state index in [-0.39, 0.29) is 22.2 Å². The van der Waals surface area contributed by atoms with Gasteiger partial charge in [-0.15, -0.1) is 0 Å². The molecule has 1 aromatic rings. The summed E-state index contributed by atoms with van der Waals surface area (Å²) in [4.78, 5) is 27.3. The summed E-state index contributed by atoms with van der Waals surface area (Å²) in [7, 11) is 0. The van der Waals surface area contributed by atoms with Gasteiger partial charge < -0.3 is 10.2 Å². The fourth-order valence-electron chi connectivity index (χ4n) is 3.28. The maximum absolute atomic E-state index is 12.7. The van der Waals surface area contributed by atoms with E-state index in [0.717, 1.165) is 32.6 Å². The molecule has 23 heavy (non-hydrogen) atoms. The number of carbonyl (C=O) groups excluding carboxylic acids is 1. The Morgan fingerprint density at radius 1 is 1.30 bits per heavy atom. The van der Waals surface area contributed by atoms with Crippen molar-refractivity contribution in [3.05, 3.63) is 38.9 Å². The van der Waals surface area contributed by atoms with Gasteiger partial charge in [0.05, 0.1) is 9.95 Å². The minimum absolute atomic E-state index is 0.00449. The second-order valence-corrected chi connectivity index (χ2v) is 6.27. The first-order chi connectivity index (χ1) is 11.1. The largest absolute Gasteiger partial charge is 0.336 e. The quantitative estimate of drug-likeness (QED) is 0.665. The summed E-state index contributed by atoms with van der Waals surface area (Å²) >= 11 is 6.05. The van der Waals surface area contributed by atoms with Crippen molar-refractivity contribution < 1.29 is 9.72 Å². The van der Waals surface area contributed by atoms with Gasteiger partial charge in [-0.25, -0.2) is 0 Å². The first-order valence-electron chi connectivity index (χ1n) is 7.75. The van der Waals surface area contributed by atoms with Gasteiger partial charge in [-0.1, -0.05) is 17.7 Å². The molecule has 2 aliphatic rings. The topological polar surface area (TPSA) is 78.7 Å². The highest BCUT2D eigenvalue weighted by Gasteiger charge is 2.31. The maximum atomic E-state index is 12.7. The molecule has 1 aromatic carbocycles. The standard InChI is InChI=1S/C15H19ClN4O3/c16-12-2-1-3-13(20(22)23)14(12)15(21)19-8-6-18(7-9-19)11-4-5-17-10-11/h1-3,11,17H,4-10H2. The van der Waals surface area contributed by atoms with Gasteiger partial charge in [0.2, 0.25) is 0 Å². The Kier molecular flexibility index (Phi) is 4.79. The number of rotatable bonds is 3. The number of carbonyl (C=O) groups is 1. The summed E-state index contributed by atoms with van der Waals surface area (Å²) in [6.07, 6.45) is 1.13. The lowest BCUT2D eigenvalue weighted by molar-refractivity contribution is -0.385. The van der Waals surface area contributed by atoms with Crippen LogP contribution >= 0.6 is 11.6 Å². The van der Waals surface area contributed by atoms with Crippen molar-refractivity contribution >= 4 is 23.2 Å². The minimum atomic E-state index is -0.556. The molecule has 8 heteroatoms. The molecule has 7 nitrogen and oxygen atoms in total. The van der Waals surface area contributed by atoms with E-state index in [1.807, 2.05) is 0 Å². The van der Waals surface area contributed by atoms with Crippen LogP contribution in [0.4, 0.5) is 5.69 Å². The highest BCUT2D eigenvalue weighted by molar-refractivity contribution is 6.34. The first kappa shape index (κ1) is 16.2. The van der Waals surface area contributed by atoms with E-state index < -0.39 is 4.92 Å². The summed E-state index contributed by atoms with van der Waals surface area (Å²) in [6, 6.07) is 4.85. The summed E-state index contributed by atoms with van der Waals surface area (Å²) in [5.74, 6) is -0.355. The van der Waals surface area contributed by atoms with E-state index in [9.17, 15) is 14.9 Å². The van der Waals surface area contributed by atoms with Crippen LogP contribution in [0.3, 0.4) is 0 Å². The molecule has 1 atom stereocenters. The second-order valence-electron chi connectivity index (χ2n) is 5.87. The van der Waals surface area contributed by atoms with E-state index in [0.29, 0.717) is 19.1 Å². The molecule has 1 unspecified atom stereocenters. The van der Waals surface area contributed by atoms with Crippen LogP contribution in [0.1, 0.15) is 16.8 Å². The molecule has 2 heterocycles. The minimum Gasteiger partial charge on any atom is -0.336 e.